The van der Waals surface area contributed by atoms with Crippen LogP contribution in [-0.4, -0.2) is 31.7 Å². The summed E-state index contributed by atoms with van der Waals surface area (Å²) in [6, 6.07) is 9.38. The molecule has 1 aromatic carbocycles. The van der Waals surface area contributed by atoms with E-state index in [2.05, 4.69) is 0 Å². The van der Waals surface area contributed by atoms with Crippen molar-refractivity contribution < 1.29 is 17.9 Å². The summed E-state index contributed by atoms with van der Waals surface area (Å²) in [5.41, 5.74) is 0.854. The van der Waals surface area contributed by atoms with Crippen molar-refractivity contribution in [2.75, 3.05) is 6.61 Å². The molecule has 0 N–H and O–H groups in total. The monoisotopic (exact) mass is 310 g/mol. The predicted octanol–water partition coefficient (Wildman–Crippen LogP) is 2.68. The van der Waals surface area contributed by atoms with Crippen LogP contribution in [-0.2, 0) is 25.1 Å². The molecule has 1 atom stereocenters. The summed E-state index contributed by atoms with van der Waals surface area (Å²) in [6.45, 7) is 4.21. The lowest BCUT2D eigenvalue weighted by molar-refractivity contribution is -0.139. The van der Waals surface area contributed by atoms with E-state index in [4.69, 9.17) is 9.47 Å². The van der Waals surface area contributed by atoms with E-state index in [0.29, 0.717) is 13.0 Å². The molecule has 2 aliphatic rings. The van der Waals surface area contributed by atoms with E-state index < -0.39 is 20.4 Å². The lowest BCUT2D eigenvalue weighted by Crippen LogP contribution is -2.31. The summed E-state index contributed by atoms with van der Waals surface area (Å²) < 4.78 is 36.2. The Morgan fingerprint density at radius 2 is 1.86 bits per heavy atom. The molecule has 2 fully saturated rings. The number of sulfone groups is 1. The van der Waals surface area contributed by atoms with Gasteiger partial charge in [0.25, 0.3) is 0 Å². The maximum atomic E-state index is 12.7. The van der Waals surface area contributed by atoms with Gasteiger partial charge >= 0.3 is 0 Å². The van der Waals surface area contributed by atoms with E-state index >= 15 is 0 Å². The molecule has 0 unspecified atom stereocenters. The Morgan fingerprint density at radius 1 is 1.19 bits per heavy atom. The summed E-state index contributed by atoms with van der Waals surface area (Å²) in [7, 11) is -3.16. The summed E-state index contributed by atoms with van der Waals surface area (Å²) >= 11 is 0. The third kappa shape index (κ3) is 3.15. The molecule has 0 bridgehead atoms. The van der Waals surface area contributed by atoms with Crippen LogP contribution in [0.5, 0.6) is 0 Å². The average molecular weight is 310 g/mol. The topological polar surface area (TPSA) is 52.6 Å². The maximum Gasteiger partial charge on any atom is 0.163 e. The van der Waals surface area contributed by atoms with E-state index in [-0.39, 0.29) is 11.9 Å². The molecule has 3 rings (SSSR count). The van der Waals surface area contributed by atoms with Gasteiger partial charge in [-0.25, -0.2) is 8.42 Å². The molecule has 1 aromatic rings. The van der Waals surface area contributed by atoms with Gasteiger partial charge in [0, 0.05) is 0 Å². The standard InChI is InChI=1S/C16H22O4S/c1-15(2)19-11-14(20-15)10-16(8-9-16)21(17,18)12-13-6-4-3-5-7-13/h3-7,14H,8-12H2,1-2H3/t14-/m1/s1. The first kappa shape index (κ1) is 15.0. The second kappa shape index (κ2) is 5.07. The molecular weight excluding hydrogens is 288 g/mol. The van der Waals surface area contributed by atoms with E-state index in [1.807, 2.05) is 44.2 Å². The Labute approximate surface area is 126 Å². The number of ether oxygens (including phenoxy) is 2. The quantitative estimate of drug-likeness (QED) is 0.839. The average Bonchev–Trinajstić information content (AvgIpc) is 3.10. The van der Waals surface area contributed by atoms with Gasteiger partial charge in [0.05, 0.1) is 23.2 Å². The van der Waals surface area contributed by atoms with Gasteiger partial charge in [-0.1, -0.05) is 30.3 Å². The van der Waals surface area contributed by atoms with E-state index in [1.165, 1.54) is 0 Å². The van der Waals surface area contributed by atoms with Crippen LogP contribution in [0.2, 0.25) is 0 Å². The molecule has 116 valence electrons. The second-order valence-electron chi connectivity index (χ2n) is 6.58. The summed E-state index contributed by atoms with van der Waals surface area (Å²) in [6.07, 6.45) is 1.91. The van der Waals surface area contributed by atoms with Gasteiger partial charge in [-0.3, -0.25) is 0 Å². The van der Waals surface area contributed by atoms with Crippen molar-refractivity contribution in [3.8, 4) is 0 Å². The zero-order valence-electron chi connectivity index (χ0n) is 12.5. The zero-order valence-corrected chi connectivity index (χ0v) is 13.4. The highest BCUT2D eigenvalue weighted by atomic mass is 32.2. The Hall–Kier alpha value is -0.910. The fraction of sp³-hybridized carbons (Fsp3) is 0.625. The number of hydrogen-bond donors (Lipinski definition) is 0. The van der Waals surface area contributed by atoms with Crippen molar-refractivity contribution in [2.45, 2.75) is 55.5 Å². The first-order valence-corrected chi connectivity index (χ1v) is 9.05. The summed E-state index contributed by atoms with van der Waals surface area (Å²) in [5.74, 6) is -0.477. The fourth-order valence-corrected chi connectivity index (χ4v) is 5.11. The molecule has 0 radical (unpaired) electrons. The fourth-order valence-electron chi connectivity index (χ4n) is 3.01. The molecule has 1 aliphatic carbocycles. The van der Waals surface area contributed by atoms with E-state index in [0.717, 1.165) is 18.4 Å². The predicted molar refractivity (Wildman–Crippen MR) is 80.6 cm³/mol. The minimum absolute atomic E-state index is 0.116. The Kier molecular flexibility index (Phi) is 3.62. The van der Waals surface area contributed by atoms with Gasteiger partial charge in [0.1, 0.15) is 0 Å². The highest BCUT2D eigenvalue weighted by Crippen LogP contribution is 2.50. The van der Waals surface area contributed by atoms with Crippen molar-refractivity contribution in [3.05, 3.63) is 35.9 Å². The molecule has 0 aromatic heterocycles. The molecule has 0 amide bonds. The molecule has 1 heterocycles. The van der Waals surface area contributed by atoms with Crippen LogP contribution in [0.4, 0.5) is 0 Å². The van der Waals surface area contributed by atoms with Gasteiger partial charge < -0.3 is 9.47 Å². The zero-order chi connectivity index (χ0) is 15.1. The smallest absolute Gasteiger partial charge is 0.163 e. The normalized spacial score (nSPS) is 26.7. The molecular formula is C16H22O4S. The van der Waals surface area contributed by atoms with Gasteiger partial charge in [-0.15, -0.1) is 0 Å². The Morgan fingerprint density at radius 3 is 2.38 bits per heavy atom. The van der Waals surface area contributed by atoms with Crippen molar-refractivity contribution in [2.24, 2.45) is 0 Å². The van der Waals surface area contributed by atoms with Crippen molar-refractivity contribution in [1.29, 1.82) is 0 Å². The largest absolute Gasteiger partial charge is 0.348 e. The van der Waals surface area contributed by atoms with Gasteiger partial charge in [0.15, 0.2) is 15.6 Å². The molecule has 0 spiro atoms. The van der Waals surface area contributed by atoms with E-state index in [9.17, 15) is 8.42 Å². The molecule has 1 saturated carbocycles. The lowest BCUT2D eigenvalue weighted by atomic mass is 10.2. The Balaban J connectivity index is 1.70. The number of hydrogen-bond acceptors (Lipinski definition) is 4. The number of benzene rings is 1. The highest BCUT2D eigenvalue weighted by Gasteiger charge is 2.56. The van der Waals surface area contributed by atoms with Crippen molar-refractivity contribution in [3.63, 3.8) is 0 Å². The van der Waals surface area contributed by atoms with Crippen LogP contribution >= 0.6 is 0 Å². The van der Waals surface area contributed by atoms with Gasteiger partial charge in [-0.05, 0) is 38.7 Å². The van der Waals surface area contributed by atoms with Gasteiger partial charge in [0.2, 0.25) is 0 Å². The van der Waals surface area contributed by atoms with Crippen molar-refractivity contribution >= 4 is 9.84 Å². The Bertz CT molecular complexity index is 602. The van der Waals surface area contributed by atoms with Crippen LogP contribution in [0.1, 0.15) is 38.7 Å². The summed E-state index contributed by atoms with van der Waals surface area (Å²) in [4.78, 5) is 0. The maximum absolute atomic E-state index is 12.7. The third-order valence-electron chi connectivity index (χ3n) is 4.33. The highest BCUT2D eigenvalue weighted by molar-refractivity contribution is 7.92. The minimum atomic E-state index is -3.16. The SMILES string of the molecule is CC1(C)OC[C@@H](CC2(S(=O)(=O)Cc3ccccc3)CC2)O1. The van der Waals surface area contributed by atoms with Gasteiger partial charge in [-0.2, -0.15) is 0 Å². The van der Waals surface area contributed by atoms with Crippen LogP contribution in [0.25, 0.3) is 0 Å². The van der Waals surface area contributed by atoms with Crippen LogP contribution < -0.4 is 0 Å². The van der Waals surface area contributed by atoms with Crippen LogP contribution in [0.3, 0.4) is 0 Å². The van der Waals surface area contributed by atoms with E-state index in [1.54, 1.807) is 0 Å². The van der Waals surface area contributed by atoms with Crippen molar-refractivity contribution in [1.82, 2.24) is 0 Å². The molecule has 1 saturated heterocycles. The minimum Gasteiger partial charge on any atom is -0.348 e. The van der Waals surface area contributed by atoms with Crippen LogP contribution in [0, 0.1) is 0 Å². The third-order valence-corrected chi connectivity index (χ3v) is 6.94. The van der Waals surface area contributed by atoms with Crippen LogP contribution in [0.15, 0.2) is 30.3 Å². The first-order valence-electron chi connectivity index (χ1n) is 7.40. The molecule has 21 heavy (non-hydrogen) atoms. The molecule has 4 nitrogen and oxygen atoms in total. The molecule has 5 heteroatoms. The first-order chi connectivity index (χ1) is 9.82. The second-order valence-corrected chi connectivity index (χ2v) is 8.97. The number of rotatable bonds is 5. The molecule has 1 aliphatic heterocycles. The lowest BCUT2D eigenvalue weighted by Gasteiger charge is -2.21. The summed E-state index contributed by atoms with van der Waals surface area (Å²) in [5, 5.41) is 0.